The van der Waals surface area contributed by atoms with E-state index < -0.39 is 17.5 Å². The van der Waals surface area contributed by atoms with Crippen LogP contribution in [0.25, 0.3) is 0 Å². The largest absolute Gasteiger partial charge is 1.00 e. The summed E-state index contributed by atoms with van der Waals surface area (Å²) >= 11 is 11.3. The number of carbonyl (C=O) groups is 2. The fourth-order valence-electron chi connectivity index (χ4n) is 1.05. The summed E-state index contributed by atoms with van der Waals surface area (Å²) in [5.74, 6) is -2.45. The molecule has 0 N–H and O–H groups in total. The number of ether oxygens (including phenoxy) is 1. The van der Waals surface area contributed by atoms with Crippen LogP contribution in [0.3, 0.4) is 0 Å². The standard InChI is InChI=1S/C9H6Cl2O4.K/c1-15-9(14)7-5(11)3-2-4(10)6(7)8(12)13;/h2-3H,1H3,(H,12,13);/q;+1/p-1. The Hall–Kier alpha value is 0.376. The van der Waals surface area contributed by atoms with E-state index in [1.807, 2.05) is 0 Å². The van der Waals surface area contributed by atoms with Gasteiger partial charge in [0.2, 0.25) is 0 Å². The fourth-order valence-corrected chi connectivity index (χ4v) is 1.52. The molecule has 0 radical (unpaired) electrons. The van der Waals surface area contributed by atoms with Gasteiger partial charge in [-0.25, -0.2) is 4.79 Å². The van der Waals surface area contributed by atoms with Crippen molar-refractivity contribution in [2.24, 2.45) is 0 Å². The average Bonchev–Trinajstić information content (AvgIpc) is 2.19. The smallest absolute Gasteiger partial charge is 0.545 e. The third-order valence-corrected chi connectivity index (χ3v) is 2.33. The monoisotopic (exact) mass is 286 g/mol. The summed E-state index contributed by atoms with van der Waals surface area (Å²) in [6.07, 6.45) is 0. The van der Waals surface area contributed by atoms with E-state index in [1.54, 1.807) is 0 Å². The average molecular weight is 287 g/mol. The van der Waals surface area contributed by atoms with Crippen molar-refractivity contribution in [3.05, 3.63) is 33.3 Å². The van der Waals surface area contributed by atoms with Crippen molar-refractivity contribution in [1.82, 2.24) is 0 Å². The molecule has 0 spiro atoms. The van der Waals surface area contributed by atoms with E-state index >= 15 is 0 Å². The van der Waals surface area contributed by atoms with Gasteiger partial charge in [0, 0.05) is 5.56 Å². The molecule has 0 aromatic heterocycles. The molecule has 0 aliphatic rings. The van der Waals surface area contributed by atoms with Crippen LogP contribution in [0.5, 0.6) is 0 Å². The van der Waals surface area contributed by atoms with Gasteiger partial charge in [-0.15, -0.1) is 0 Å². The summed E-state index contributed by atoms with van der Waals surface area (Å²) in [6.45, 7) is 0. The van der Waals surface area contributed by atoms with Gasteiger partial charge in [-0.05, 0) is 12.1 Å². The van der Waals surface area contributed by atoms with Gasteiger partial charge in [-0.3, -0.25) is 0 Å². The maximum Gasteiger partial charge on any atom is 1.00 e. The Bertz CT molecular complexity index is 434. The molecular formula is C9H5Cl2KO4. The topological polar surface area (TPSA) is 66.4 Å². The second kappa shape index (κ2) is 6.95. The first-order chi connectivity index (χ1) is 6.99. The Labute approximate surface area is 144 Å². The van der Waals surface area contributed by atoms with Gasteiger partial charge in [0.25, 0.3) is 0 Å². The molecule has 80 valence electrons. The third kappa shape index (κ3) is 3.43. The Balaban J connectivity index is 0.00000225. The van der Waals surface area contributed by atoms with E-state index in [1.165, 1.54) is 12.1 Å². The molecule has 1 rings (SSSR count). The number of aromatic carboxylic acids is 1. The Morgan fingerprint density at radius 1 is 1.19 bits per heavy atom. The van der Waals surface area contributed by atoms with Crippen LogP contribution < -0.4 is 56.5 Å². The summed E-state index contributed by atoms with van der Waals surface area (Å²) in [6, 6.07) is 2.57. The molecule has 0 amide bonds. The SMILES string of the molecule is COC(=O)c1c(Cl)ccc(Cl)c1C(=O)[O-].[K+]. The molecule has 1 aromatic rings. The summed E-state index contributed by atoms with van der Waals surface area (Å²) in [4.78, 5) is 22.0. The van der Waals surface area contributed by atoms with E-state index in [0.717, 1.165) is 7.11 Å². The molecule has 0 saturated carbocycles. The summed E-state index contributed by atoms with van der Waals surface area (Å²) in [5.41, 5.74) is -0.761. The van der Waals surface area contributed by atoms with Crippen molar-refractivity contribution >= 4 is 35.1 Å². The van der Waals surface area contributed by atoms with E-state index in [2.05, 4.69) is 4.74 Å². The number of methoxy groups -OCH3 is 1. The number of benzene rings is 1. The van der Waals surface area contributed by atoms with E-state index in [9.17, 15) is 14.7 Å². The number of hydrogen-bond donors (Lipinski definition) is 0. The van der Waals surface area contributed by atoms with E-state index in [-0.39, 0.29) is 67.0 Å². The van der Waals surface area contributed by atoms with Crippen LogP contribution in [0.2, 0.25) is 10.0 Å². The predicted octanol–water partition coefficient (Wildman–Crippen LogP) is -1.85. The van der Waals surface area contributed by atoms with Gasteiger partial charge >= 0.3 is 57.4 Å². The molecule has 0 saturated heterocycles. The van der Waals surface area contributed by atoms with Crippen LogP contribution in [0.1, 0.15) is 20.7 Å². The van der Waals surface area contributed by atoms with Crippen LogP contribution in [0.4, 0.5) is 0 Å². The molecule has 0 aliphatic heterocycles. The van der Waals surface area contributed by atoms with E-state index in [4.69, 9.17) is 23.2 Å². The van der Waals surface area contributed by atoms with Crippen molar-refractivity contribution in [3.63, 3.8) is 0 Å². The van der Waals surface area contributed by atoms with Crippen molar-refractivity contribution < 1.29 is 70.8 Å². The zero-order chi connectivity index (χ0) is 11.6. The fraction of sp³-hybridized carbons (Fsp3) is 0.111. The summed E-state index contributed by atoms with van der Waals surface area (Å²) in [5, 5.41) is 10.6. The van der Waals surface area contributed by atoms with Crippen molar-refractivity contribution in [2.45, 2.75) is 0 Å². The molecule has 0 heterocycles. The normalized spacial score (nSPS) is 9.19. The molecule has 4 nitrogen and oxygen atoms in total. The minimum Gasteiger partial charge on any atom is -0.545 e. The maximum atomic E-state index is 11.3. The Morgan fingerprint density at radius 2 is 1.62 bits per heavy atom. The molecule has 0 fully saturated rings. The van der Waals surface area contributed by atoms with Gasteiger partial charge in [0.15, 0.2) is 0 Å². The van der Waals surface area contributed by atoms with Crippen molar-refractivity contribution in [2.75, 3.05) is 7.11 Å². The number of carboxylic acid groups (broad SMARTS) is 1. The number of carboxylic acids is 1. The van der Waals surface area contributed by atoms with Gasteiger partial charge in [-0.1, -0.05) is 23.2 Å². The first-order valence-corrected chi connectivity index (χ1v) is 4.52. The van der Waals surface area contributed by atoms with Crippen LogP contribution >= 0.6 is 23.2 Å². The van der Waals surface area contributed by atoms with Gasteiger partial charge in [0.05, 0.1) is 28.7 Å². The second-order valence-electron chi connectivity index (χ2n) is 2.56. The van der Waals surface area contributed by atoms with Crippen molar-refractivity contribution in [1.29, 1.82) is 0 Å². The first-order valence-electron chi connectivity index (χ1n) is 3.76. The second-order valence-corrected chi connectivity index (χ2v) is 3.37. The minimum atomic E-state index is -1.58. The van der Waals surface area contributed by atoms with Crippen LogP contribution in [0.15, 0.2) is 12.1 Å². The minimum absolute atomic E-state index is 0. The number of esters is 1. The number of carbonyl (C=O) groups excluding carboxylic acids is 2. The quantitative estimate of drug-likeness (QED) is 0.473. The summed E-state index contributed by atoms with van der Waals surface area (Å²) < 4.78 is 4.39. The maximum absolute atomic E-state index is 11.3. The number of hydrogen-bond acceptors (Lipinski definition) is 4. The molecule has 0 aliphatic carbocycles. The van der Waals surface area contributed by atoms with E-state index in [0.29, 0.717) is 0 Å². The molecule has 1 aromatic carbocycles. The number of halogens is 2. The third-order valence-electron chi connectivity index (χ3n) is 1.70. The molecule has 0 unspecified atom stereocenters. The molecule has 7 heteroatoms. The first kappa shape index (κ1) is 16.4. The zero-order valence-corrected chi connectivity index (χ0v) is 13.2. The van der Waals surface area contributed by atoms with Gasteiger partial charge < -0.3 is 14.6 Å². The van der Waals surface area contributed by atoms with Crippen molar-refractivity contribution in [3.8, 4) is 0 Å². The van der Waals surface area contributed by atoms with Crippen LogP contribution in [0, 0.1) is 0 Å². The van der Waals surface area contributed by atoms with Gasteiger partial charge in [0.1, 0.15) is 0 Å². The molecule has 16 heavy (non-hydrogen) atoms. The van der Waals surface area contributed by atoms with Gasteiger partial charge in [-0.2, -0.15) is 0 Å². The number of rotatable bonds is 2. The molecule has 0 bridgehead atoms. The Morgan fingerprint density at radius 3 is 2.00 bits per heavy atom. The zero-order valence-electron chi connectivity index (χ0n) is 8.54. The van der Waals surface area contributed by atoms with Crippen LogP contribution in [-0.2, 0) is 4.74 Å². The molecule has 0 atom stereocenters. The Kier molecular flexibility index (Phi) is 7.12. The molecular weight excluding hydrogens is 282 g/mol. The van der Waals surface area contributed by atoms with Crippen LogP contribution in [-0.4, -0.2) is 19.0 Å². The summed E-state index contributed by atoms with van der Waals surface area (Å²) in [7, 11) is 1.11. The predicted molar refractivity (Wildman–Crippen MR) is 52.1 cm³/mol.